The molecule has 6 nitrogen and oxygen atoms in total. The van der Waals surface area contributed by atoms with Gasteiger partial charge in [0.2, 0.25) is 5.91 Å². The van der Waals surface area contributed by atoms with Gasteiger partial charge < -0.3 is 20.3 Å². The van der Waals surface area contributed by atoms with E-state index in [2.05, 4.69) is 111 Å². The maximum atomic E-state index is 13.2. The van der Waals surface area contributed by atoms with Gasteiger partial charge in [-0.2, -0.15) is 0 Å². The first kappa shape index (κ1) is 56.0. The fourth-order valence-electron chi connectivity index (χ4n) is 6.86. The Bertz CT molecular complexity index is 1150. The van der Waals surface area contributed by atoms with Crippen molar-refractivity contribution < 1.29 is 24.5 Å². The van der Waals surface area contributed by atoms with Gasteiger partial charge in [-0.3, -0.25) is 9.59 Å². The fourth-order valence-corrected chi connectivity index (χ4v) is 6.86. The minimum atomic E-state index is -0.804. The summed E-state index contributed by atoms with van der Waals surface area (Å²) in [6.45, 7) is 6.22. The predicted molar refractivity (Wildman–Crippen MR) is 254 cm³/mol. The number of aliphatic hydroxyl groups is 2. The molecule has 0 rings (SSSR count). The van der Waals surface area contributed by atoms with Crippen LogP contribution < -0.4 is 5.32 Å². The molecule has 0 bridgehead atoms. The average Bonchev–Trinajstić information content (AvgIpc) is 3.23. The third kappa shape index (κ3) is 41.6. The second kappa shape index (κ2) is 46.1. The van der Waals surface area contributed by atoms with Gasteiger partial charge in [0.1, 0.15) is 6.10 Å². The van der Waals surface area contributed by atoms with Crippen LogP contribution in [0.2, 0.25) is 0 Å². The minimum absolute atomic E-state index is 0.0411. The summed E-state index contributed by atoms with van der Waals surface area (Å²) in [4.78, 5) is 26.0. The van der Waals surface area contributed by atoms with E-state index in [1.165, 1.54) is 51.4 Å². The van der Waals surface area contributed by atoms with Crippen molar-refractivity contribution in [1.82, 2.24) is 5.32 Å². The molecule has 0 saturated heterocycles. The highest BCUT2D eigenvalue weighted by atomic mass is 16.5. The number of rotatable bonds is 42. The lowest BCUT2D eigenvalue weighted by molar-refractivity contribution is -0.151. The highest BCUT2D eigenvalue weighted by molar-refractivity contribution is 5.77. The average molecular weight is 822 g/mol. The van der Waals surface area contributed by atoms with Crippen molar-refractivity contribution in [2.24, 2.45) is 0 Å². The smallest absolute Gasteiger partial charge is 0.306 e. The lowest BCUT2D eigenvalue weighted by Crippen LogP contribution is -2.46. The Labute approximate surface area is 363 Å². The summed E-state index contributed by atoms with van der Waals surface area (Å²) in [5, 5.41) is 23.7. The highest BCUT2D eigenvalue weighted by Crippen LogP contribution is 2.17. The molecule has 0 spiro atoms. The molecule has 59 heavy (non-hydrogen) atoms. The first-order valence-corrected chi connectivity index (χ1v) is 24.3. The van der Waals surface area contributed by atoms with Crippen LogP contribution in [-0.2, 0) is 14.3 Å². The molecule has 0 aliphatic heterocycles. The summed E-state index contributed by atoms with van der Waals surface area (Å²) in [6.07, 6.45) is 59.3. The van der Waals surface area contributed by atoms with Crippen molar-refractivity contribution in [2.45, 2.75) is 232 Å². The van der Waals surface area contributed by atoms with E-state index in [-0.39, 0.29) is 24.9 Å². The monoisotopic (exact) mass is 822 g/mol. The maximum Gasteiger partial charge on any atom is 0.306 e. The third-order valence-corrected chi connectivity index (χ3v) is 10.5. The summed E-state index contributed by atoms with van der Waals surface area (Å²) in [6, 6.07) is -0.720. The molecule has 0 aliphatic rings. The van der Waals surface area contributed by atoms with E-state index in [0.29, 0.717) is 25.7 Å². The van der Waals surface area contributed by atoms with E-state index in [4.69, 9.17) is 4.74 Å². The molecule has 0 aromatic rings. The van der Waals surface area contributed by atoms with Crippen LogP contribution >= 0.6 is 0 Å². The summed E-state index contributed by atoms with van der Waals surface area (Å²) < 4.78 is 5.88. The van der Waals surface area contributed by atoms with E-state index in [1.807, 2.05) is 0 Å². The van der Waals surface area contributed by atoms with Crippen LogP contribution in [0.5, 0.6) is 0 Å². The van der Waals surface area contributed by atoms with Gasteiger partial charge in [0.05, 0.1) is 25.2 Å². The first-order valence-electron chi connectivity index (χ1n) is 24.3. The van der Waals surface area contributed by atoms with Crippen molar-refractivity contribution in [3.05, 3.63) is 85.1 Å². The van der Waals surface area contributed by atoms with Gasteiger partial charge >= 0.3 is 5.97 Å². The van der Waals surface area contributed by atoms with E-state index >= 15 is 0 Å². The molecule has 0 saturated carbocycles. The standard InChI is InChI=1S/C53H91NO5/c1-4-7-10-13-16-19-22-24-25-26-27-28-31-34-37-40-43-46-53(58)59-49(44-41-38-35-32-30-23-20-17-14-11-8-5-2)47-52(57)54-50(48-55)51(56)45-42-39-36-33-29-21-18-15-12-9-6-3/h7-8,10-11,16-17,19-20,24-25,27-28,34,37,49-51,55-56H,4-6,9,12-15,18,21-23,26,29-33,35-36,38-48H2,1-3H3,(H,54,57)/b10-7-,11-8+,19-16-,20-17+,25-24-,28-27-,37-34-. The van der Waals surface area contributed by atoms with Crippen LogP contribution in [-0.4, -0.2) is 46.9 Å². The van der Waals surface area contributed by atoms with E-state index in [0.717, 1.165) is 109 Å². The van der Waals surface area contributed by atoms with Gasteiger partial charge in [0.15, 0.2) is 0 Å². The van der Waals surface area contributed by atoms with Gasteiger partial charge in [-0.15, -0.1) is 0 Å². The fraction of sp³-hybridized carbons (Fsp3) is 0.698. The normalized spacial score (nSPS) is 14.1. The van der Waals surface area contributed by atoms with Crippen molar-refractivity contribution in [3.63, 3.8) is 0 Å². The zero-order valence-corrected chi connectivity index (χ0v) is 38.4. The van der Waals surface area contributed by atoms with Crippen LogP contribution in [0.15, 0.2) is 85.1 Å². The highest BCUT2D eigenvalue weighted by Gasteiger charge is 2.24. The van der Waals surface area contributed by atoms with Gasteiger partial charge in [-0.05, 0) is 89.9 Å². The summed E-state index contributed by atoms with van der Waals surface area (Å²) >= 11 is 0. The molecule has 6 heteroatoms. The molecule has 0 heterocycles. The zero-order chi connectivity index (χ0) is 43.1. The SMILES string of the molecule is CC/C=C\C/C=C\C/C=C\C/C=C\C/C=C\CCCC(=O)OC(CCCCCCC/C=C/C/C=C/CC)CC(=O)NC(CO)C(O)CCCCCCCCCCCCC. The van der Waals surface area contributed by atoms with Crippen LogP contribution in [0.1, 0.15) is 213 Å². The topological polar surface area (TPSA) is 95.9 Å². The van der Waals surface area contributed by atoms with Crippen molar-refractivity contribution in [1.29, 1.82) is 0 Å². The molecule has 0 fully saturated rings. The number of unbranched alkanes of at least 4 members (excludes halogenated alkanes) is 16. The van der Waals surface area contributed by atoms with Gasteiger partial charge in [0, 0.05) is 6.42 Å². The van der Waals surface area contributed by atoms with Gasteiger partial charge in [0.25, 0.3) is 0 Å². The number of hydrogen-bond acceptors (Lipinski definition) is 5. The summed E-state index contributed by atoms with van der Waals surface area (Å²) in [5.74, 6) is -0.565. The number of allylic oxidation sites excluding steroid dienone is 14. The Morgan fingerprint density at radius 3 is 1.39 bits per heavy atom. The molecule has 0 aliphatic carbocycles. The largest absolute Gasteiger partial charge is 0.462 e. The molecule has 3 unspecified atom stereocenters. The minimum Gasteiger partial charge on any atom is -0.462 e. The molecule has 3 N–H and O–H groups in total. The molecule has 0 aromatic carbocycles. The molecule has 0 radical (unpaired) electrons. The molecule has 3 atom stereocenters. The molecule has 1 amide bonds. The number of carbonyl (C=O) groups is 2. The van der Waals surface area contributed by atoms with Crippen LogP contribution in [0, 0.1) is 0 Å². The lowest BCUT2D eigenvalue weighted by atomic mass is 10.0. The van der Waals surface area contributed by atoms with Crippen LogP contribution in [0.3, 0.4) is 0 Å². The van der Waals surface area contributed by atoms with Crippen molar-refractivity contribution in [3.8, 4) is 0 Å². The summed E-state index contributed by atoms with van der Waals surface area (Å²) in [7, 11) is 0. The van der Waals surface area contributed by atoms with Gasteiger partial charge in [-0.1, -0.05) is 196 Å². The second-order valence-electron chi connectivity index (χ2n) is 16.1. The number of amides is 1. The Kier molecular flexibility index (Phi) is 43.8. The van der Waals surface area contributed by atoms with Crippen molar-refractivity contribution in [2.75, 3.05) is 6.61 Å². The predicted octanol–water partition coefficient (Wildman–Crippen LogP) is 14.4. The Balaban J connectivity index is 4.70. The Morgan fingerprint density at radius 2 is 0.915 bits per heavy atom. The second-order valence-corrected chi connectivity index (χ2v) is 16.1. The number of aliphatic hydroxyl groups excluding tert-OH is 2. The quantitative estimate of drug-likeness (QED) is 0.0324. The zero-order valence-electron chi connectivity index (χ0n) is 38.4. The number of esters is 1. The Morgan fingerprint density at radius 1 is 0.508 bits per heavy atom. The first-order chi connectivity index (χ1) is 29.0. The van der Waals surface area contributed by atoms with E-state index in [1.54, 1.807) is 0 Å². The van der Waals surface area contributed by atoms with E-state index in [9.17, 15) is 19.8 Å². The molecular formula is C53H91NO5. The van der Waals surface area contributed by atoms with Crippen LogP contribution in [0.25, 0.3) is 0 Å². The van der Waals surface area contributed by atoms with Crippen molar-refractivity contribution >= 4 is 11.9 Å². The molecule has 338 valence electrons. The molecule has 0 aromatic heterocycles. The maximum absolute atomic E-state index is 13.2. The van der Waals surface area contributed by atoms with E-state index < -0.39 is 18.2 Å². The summed E-state index contributed by atoms with van der Waals surface area (Å²) in [5.41, 5.74) is 0. The number of carbonyl (C=O) groups excluding carboxylic acids is 2. The number of ether oxygens (including phenoxy) is 1. The van der Waals surface area contributed by atoms with Gasteiger partial charge in [-0.25, -0.2) is 0 Å². The van der Waals surface area contributed by atoms with Crippen LogP contribution in [0.4, 0.5) is 0 Å². The number of nitrogens with one attached hydrogen (secondary N) is 1. The molecular weight excluding hydrogens is 731 g/mol. The number of hydrogen-bond donors (Lipinski definition) is 3. The Hall–Kier alpha value is -2.96. The lowest BCUT2D eigenvalue weighted by Gasteiger charge is -2.24. The third-order valence-electron chi connectivity index (χ3n) is 10.5.